The Morgan fingerprint density at radius 2 is 2.08 bits per heavy atom. The summed E-state index contributed by atoms with van der Waals surface area (Å²) in [6.07, 6.45) is 3.37. The number of rotatable bonds is 4. The highest BCUT2D eigenvalue weighted by atomic mass is 32.1. The lowest BCUT2D eigenvalue weighted by Gasteiger charge is -2.33. The maximum absolute atomic E-state index is 12.4. The molecule has 0 bridgehead atoms. The lowest BCUT2D eigenvalue weighted by molar-refractivity contribution is -0.142. The molecule has 2 aromatic rings. The zero-order chi connectivity index (χ0) is 17.9. The normalized spacial score (nSPS) is 21.2. The van der Waals surface area contributed by atoms with Crippen LogP contribution in [0.5, 0.6) is 0 Å². The zero-order valence-electron chi connectivity index (χ0n) is 14.7. The molecule has 1 unspecified atom stereocenters. The average molecular weight is 373 g/mol. The fraction of sp³-hybridized carbons (Fsp3) is 0.526. The number of likely N-dealkylation sites (tertiary alicyclic amines) is 1. The predicted molar refractivity (Wildman–Crippen MR) is 100 cm³/mol. The molecule has 2 aliphatic heterocycles. The van der Waals surface area contributed by atoms with Crippen LogP contribution in [0.25, 0.3) is 10.6 Å². The van der Waals surface area contributed by atoms with E-state index in [0.29, 0.717) is 19.1 Å². The number of carbonyl (C=O) groups excluding carboxylic acids is 1. The second-order valence-electron chi connectivity index (χ2n) is 6.99. The van der Waals surface area contributed by atoms with Gasteiger partial charge in [0.2, 0.25) is 0 Å². The quantitative estimate of drug-likeness (QED) is 0.825. The van der Waals surface area contributed by atoms with Crippen molar-refractivity contribution in [2.75, 3.05) is 19.7 Å². The molecule has 2 fully saturated rings. The Bertz CT molecular complexity index is 804. The number of thiophene rings is 1. The van der Waals surface area contributed by atoms with Crippen LogP contribution in [0.2, 0.25) is 0 Å². The van der Waals surface area contributed by atoms with E-state index < -0.39 is 0 Å². The summed E-state index contributed by atoms with van der Waals surface area (Å²) in [5, 5.41) is 6.55. The smallest absolute Gasteiger partial charge is 0.266 e. The van der Waals surface area contributed by atoms with Gasteiger partial charge in [-0.2, -0.15) is 5.10 Å². The van der Waals surface area contributed by atoms with Crippen LogP contribution in [0.1, 0.15) is 25.7 Å². The molecule has 2 saturated heterocycles. The molecule has 4 rings (SSSR count). The van der Waals surface area contributed by atoms with Gasteiger partial charge < -0.3 is 9.64 Å². The van der Waals surface area contributed by atoms with E-state index in [1.165, 1.54) is 0 Å². The number of hydrogen-bond donors (Lipinski definition) is 0. The maximum Gasteiger partial charge on any atom is 0.266 e. The second-order valence-corrected chi connectivity index (χ2v) is 7.93. The SMILES string of the molecule is O=C(C1CCCO1)N1CCC(Cn2nc(-c3cccs3)ccc2=O)CC1. The van der Waals surface area contributed by atoms with E-state index >= 15 is 0 Å². The van der Waals surface area contributed by atoms with Crippen molar-refractivity contribution in [3.05, 3.63) is 40.0 Å². The lowest BCUT2D eigenvalue weighted by Crippen LogP contribution is -2.44. The molecule has 0 spiro atoms. The zero-order valence-corrected chi connectivity index (χ0v) is 15.5. The van der Waals surface area contributed by atoms with Crippen LogP contribution in [-0.2, 0) is 16.1 Å². The van der Waals surface area contributed by atoms with E-state index in [1.807, 2.05) is 22.4 Å². The van der Waals surface area contributed by atoms with Gasteiger partial charge in [0.15, 0.2) is 0 Å². The van der Waals surface area contributed by atoms with E-state index in [2.05, 4.69) is 5.10 Å². The number of carbonyl (C=O) groups is 1. The molecular weight excluding hydrogens is 350 g/mol. The van der Waals surface area contributed by atoms with Gasteiger partial charge in [-0.25, -0.2) is 4.68 Å². The van der Waals surface area contributed by atoms with E-state index in [9.17, 15) is 9.59 Å². The summed E-state index contributed by atoms with van der Waals surface area (Å²) in [5.41, 5.74) is 0.772. The Morgan fingerprint density at radius 3 is 2.77 bits per heavy atom. The predicted octanol–water partition coefficient (Wildman–Crippen LogP) is 2.39. The van der Waals surface area contributed by atoms with Gasteiger partial charge in [-0.3, -0.25) is 9.59 Å². The average Bonchev–Trinajstić information content (AvgIpc) is 3.38. The third kappa shape index (κ3) is 3.73. The van der Waals surface area contributed by atoms with Crippen LogP contribution in [0, 0.1) is 5.92 Å². The molecule has 0 N–H and O–H groups in total. The molecule has 1 atom stereocenters. The minimum Gasteiger partial charge on any atom is -0.368 e. The Balaban J connectivity index is 1.38. The number of ether oxygens (including phenoxy) is 1. The number of aromatic nitrogens is 2. The summed E-state index contributed by atoms with van der Waals surface area (Å²) >= 11 is 1.62. The number of nitrogens with zero attached hydrogens (tertiary/aromatic N) is 3. The summed E-state index contributed by atoms with van der Waals surface area (Å²) < 4.78 is 7.09. The van der Waals surface area contributed by atoms with Crippen molar-refractivity contribution in [2.24, 2.45) is 5.92 Å². The molecule has 0 aliphatic carbocycles. The first-order valence-electron chi connectivity index (χ1n) is 9.23. The molecule has 2 aliphatic rings. The van der Waals surface area contributed by atoms with E-state index in [1.54, 1.807) is 28.2 Å². The van der Waals surface area contributed by atoms with Crippen LogP contribution >= 0.6 is 11.3 Å². The molecule has 26 heavy (non-hydrogen) atoms. The maximum atomic E-state index is 12.4. The Morgan fingerprint density at radius 1 is 1.23 bits per heavy atom. The summed E-state index contributed by atoms with van der Waals surface area (Å²) in [6, 6.07) is 7.38. The third-order valence-electron chi connectivity index (χ3n) is 5.20. The Hall–Kier alpha value is -1.99. The molecule has 138 valence electrons. The molecular formula is C19H23N3O3S. The van der Waals surface area contributed by atoms with Crippen LogP contribution in [0.3, 0.4) is 0 Å². The first-order valence-corrected chi connectivity index (χ1v) is 10.1. The number of piperidine rings is 1. The third-order valence-corrected chi connectivity index (χ3v) is 6.10. The molecule has 4 heterocycles. The van der Waals surface area contributed by atoms with Crippen molar-refractivity contribution in [2.45, 2.75) is 38.3 Å². The highest BCUT2D eigenvalue weighted by Crippen LogP contribution is 2.24. The first-order chi connectivity index (χ1) is 12.7. The van der Waals surface area contributed by atoms with Crippen LogP contribution < -0.4 is 5.56 Å². The van der Waals surface area contributed by atoms with Crippen molar-refractivity contribution in [3.8, 4) is 10.6 Å². The monoisotopic (exact) mass is 373 g/mol. The van der Waals surface area contributed by atoms with E-state index in [-0.39, 0.29) is 17.6 Å². The Kier molecular flexibility index (Phi) is 5.17. The molecule has 7 heteroatoms. The van der Waals surface area contributed by atoms with Crippen molar-refractivity contribution in [3.63, 3.8) is 0 Å². The lowest BCUT2D eigenvalue weighted by atomic mass is 9.96. The van der Waals surface area contributed by atoms with Gasteiger partial charge in [0.25, 0.3) is 11.5 Å². The summed E-state index contributed by atoms with van der Waals surface area (Å²) in [4.78, 5) is 27.6. The molecule has 2 aromatic heterocycles. The largest absolute Gasteiger partial charge is 0.368 e. The number of amides is 1. The standard InChI is InChI=1S/C19H23N3O3S/c23-18-6-5-15(17-4-2-12-26-17)20-22(18)13-14-7-9-21(10-8-14)19(24)16-3-1-11-25-16/h2,4-6,12,14,16H,1,3,7-11,13H2. The molecule has 0 aromatic carbocycles. The van der Waals surface area contributed by atoms with Gasteiger partial charge in [0, 0.05) is 32.3 Å². The van der Waals surface area contributed by atoms with Crippen molar-refractivity contribution in [1.82, 2.24) is 14.7 Å². The van der Waals surface area contributed by atoms with Crippen LogP contribution in [0.4, 0.5) is 0 Å². The molecule has 6 nitrogen and oxygen atoms in total. The van der Waals surface area contributed by atoms with E-state index in [0.717, 1.165) is 49.3 Å². The van der Waals surface area contributed by atoms with Crippen LogP contribution in [-0.4, -0.2) is 46.4 Å². The fourth-order valence-electron chi connectivity index (χ4n) is 3.69. The first kappa shape index (κ1) is 17.4. The number of hydrogen-bond acceptors (Lipinski definition) is 5. The summed E-state index contributed by atoms with van der Waals surface area (Å²) in [7, 11) is 0. The topological polar surface area (TPSA) is 64.4 Å². The summed E-state index contributed by atoms with van der Waals surface area (Å²) in [6.45, 7) is 2.79. The second kappa shape index (κ2) is 7.72. The molecule has 0 radical (unpaired) electrons. The van der Waals surface area contributed by atoms with Crippen molar-refractivity contribution in [1.29, 1.82) is 0 Å². The molecule has 0 saturated carbocycles. The van der Waals surface area contributed by atoms with Crippen LogP contribution in [0.15, 0.2) is 34.4 Å². The highest BCUT2D eigenvalue weighted by Gasteiger charge is 2.31. The molecule has 1 amide bonds. The minimum atomic E-state index is -0.238. The summed E-state index contributed by atoms with van der Waals surface area (Å²) in [5.74, 6) is 0.503. The van der Waals surface area contributed by atoms with E-state index in [4.69, 9.17) is 4.74 Å². The highest BCUT2D eigenvalue weighted by molar-refractivity contribution is 7.13. The van der Waals surface area contributed by atoms with Gasteiger partial charge in [-0.1, -0.05) is 6.07 Å². The van der Waals surface area contributed by atoms with Gasteiger partial charge in [0.05, 0.1) is 4.88 Å². The fourth-order valence-corrected chi connectivity index (χ4v) is 4.38. The van der Waals surface area contributed by atoms with Crippen molar-refractivity contribution >= 4 is 17.2 Å². The van der Waals surface area contributed by atoms with Gasteiger partial charge >= 0.3 is 0 Å². The van der Waals surface area contributed by atoms with Gasteiger partial charge in [-0.15, -0.1) is 11.3 Å². The van der Waals surface area contributed by atoms with Gasteiger partial charge in [0.1, 0.15) is 11.8 Å². The van der Waals surface area contributed by atoms with Crippen molar-refractivity contribution < 1.29 is 9.53 Å². The van der Waals surface area contributed by atoms with Gasteiger partial charge in [-0.05, 0) is 49.1 Å². The Labute approximate surface area is 156 Å². The minimum absolute atomic E-state index is 0.0665.